The molecule has 6 N–H and O–H groups in total. The first kappa shape index (κ1) is 58.2. The lowest BCUT2D eigenvalue weighted by atomic mass is 9.99. The summed E-state index contributed by atoms with van der Waals surface area (Å²) in [5.41, 5.74) is 0. The van der Waals surface area contributed by atoms with Gasteiger partial charge in [-0.1, -0.05) is 210 Å². The monoisotopic (exact) mass is 876 g/mol. The SMILES string of the molecule is CCCCCCC/C=C\C/C=C\C/C=C\CCCCCCCCCCCCCCCCC(=O)NC(COC1OC(CO)C(O)C(O)C1O)C(O)/C=C/CCCCCCCCCC. The van der Waals surface area contributed by atoms with Gasteiger partial charge in [0.05, 0.1) is 25.4 Å². The molecule has 1 heterocycles. The normalized spacial score (nSPS) is 20.7. The first-order valence-corrected chi connectivity index (χ1v) is 25.9. The molecule has 1 aliphatic heterocycles. The van der Waals surface area contributed by atoms with Gasteiger partial charge in [-0.15, -0.1) is 0 Å². The molecule has 1 saturated heterocycles. The minimum absolute atomic E-state index is 0.180. The quantitative estimate of drug-likeness (QED) is 0.0262. The van der Waals surface area contributed by atoms with Crippen LogP contribution in [0.3, 0.4) is 0 Å². The van der Waals surface area contributed by atoms with Crippen molar-refractivity contribution in [2.45, 2.75) is 269 Å². The van der Waals surface area contributed by atoms with Gasteiger partial charge in [0.15, 0.2) is 6.29 Å². The lowest BCUT2D eigenvalue weighted by molar-refractivity contribution is -0.302. The number of amides is 1. The molecule has 0 aromatic carbocycles. The predicted molar refractivity (Wildman–Crippen MR) is 258 cm³/mol. The van der Waals surface area contributed by atoms with Gasteiger partial charge in [0.25, 0.3) is 0 Å². The minimum Gasteiger partial charge on any atom is -0.394 e. The lowest BCUT2D eigenvalue weighted by Gasteiger charge is -2.40. The van der Waals surface area contributed by atoms with E-state index in [0.717, 1.165) is 51.4 Å². The van der Waals surface area contributed by atoms with E-state index in [-0.39, 0.29) is 12.5 Å². The summed E-state index contributed by atoms with van der Waals surface area (Å²) in [6.07, 6.45) is 48.9. The van der Waals surface area contributed by atoms with Crippen molar-refractivity contribution in [2.75, 3.05) is 13.2 Å². The second-order valence-corrected chi connectivity index (χ2v) is 18.0. The number of aliphatic hydroxyl groups excluding tert-OH is 5. The third kappa shape index (κ3) is 32.8. The number of hydrogen-bond donors (Lipinski definition) is 6. The fourth-order valence-corrected chi connectivity index (χ4v) is 7.99. The third-order valence-corrected chi connectivity index (χ3v) is 12.1. The van der Waals surface area contributed by atoms with Gasteiger partial charge < -0.3 is 40.3 Å². The summed E-state index contributed by atoms with van der Waals surface area (Å²) >= 11 is 0. The van der Waals surface area contributed by atoms with Crippen LogP contribution in [0, 0.1) is 0 Å². The number of ether oxygens (including phenoxy) is 2. The van der Waals surface area contributed by atoms with Crippen molar-refractivity contribution in [3.05, 3.63) is 48.6 Å². The molecule has 7 atom stereocenters. The Morgan fingerprint density at radius 1 is 0.548 bits per heavy atom. The molecule has 362 valence electrons. The van der Waals surface area contributed by atoms with E-state index in [1.54, 1.807) is 6.08 Å². The molecule has 1 amide bonds. The smallest absolute Gasteiger partial charge is 0.220 e. The lowest BCUT2D eigenvalue weighted by Crippen LogP contribution is -2.60. The maximum atomic E-state index is 13.0. The van der Waals surface area contributed by atoms with E-state index in [0.29, 0.717) is 6.42 Å². The van der Waals surface area contributed by atoms with E-state index in [2.05, 4.69) is 55.6 Å². The van der Waals surface area contributed by atoms with Crippen LogP contribution in [-0.4, -0.2) is 87.5 Å². The zero-order valence-corrected chi connectivity index (χ0v) is 39.9. The Kier molecular flexibility index (Phi) is 40.4. The van der Waals surface area contributed by atoms with Crippen LogP contribution in [-0.2, 0) is 14.3 Å². The number of unbranched alkanes of at least 4 members (excludes halogenated alkanes) is 27. The van der Waals surface area contributed by atoms with Crippen molar-refractivity contribution >= 4 is 5.91 Å². The summed E-state index contributed by atoms with van der Waals surface area (Å²) in [4.78, 5) is 13.0. The van der Waals surface area contributed by atoms with Crippen LogP contribution in [0.1, 0.15) is 226 Å². The standard InChI is InChI=1S/C53H97NO8/c1-3-5-7-9-11-13-15-16-17-18-19-20-21-22-23-24-25-26-27-28-29-30-31-32-33-35-37-39-41-43-49(57)54-46(45-61-53-52(60)51(59)50(58)48(44-55)62-53)47(56)42-40-38-36-34-14-12-10-8-6-4-2/h15-16,18-19,21-22,40,42,46-48,50-53,55-56,58-60H,3-14,17,20,23-39,41,43-45H2,1-2H3,(H,54,57)/b16-15-,19-18-,22-21-,42-40+. The number of allylic oxidation sites excluding steroid dienone is 7. The van der Waals surface area contributed by atoms with Gasteiger partial charge in [-0.25, -0.2) is 0 Å². The van der Waals surface area contributed by atoms with Crippen LogP contribution in [0.5, 0.6) is 0 Å². The Morgan fingerprint density at radius 2 is 0.952 bits per heavy atom. The molecule has 1 aliphatic rings. The van der Waals surface area contributed by atoms with E-state index in [9.17, 15) is 30.3 Å². The van der Waals surface area contributed by atoms with Crippen LogP contribution in [0.2, 0.25) is 0 Å². The Balaban J connectivity index is 2.16. The Morgan fingerprint density at radius 3 is 1.40 bits per heavy atom. The molecule has 9 heteroatoms. The first-order chi connectivity index (χ1) is 30.3. The molecule has 1 fully saturated rings. The third-order valence-electron chi connectivity index (χ3n) is 12.1. The van der Waals surface area contributed by atoms with Gasteiger partial charge in [0.1, 0.15) is 24.4 Å². The highest BCUT2D eigenvalue weighted by Crippen LogP contribution is 2.23. The first-order valence-electron chi connectivity index (χ1n) is 25.9. The van der Waals surface area contributed by atoms with Gasteiger partial charge in [-0.2, -0.15) is 0 Å². The molecule has 0 radical (unpaired) electrons. The number of carbonyl (C=O) groups excluding carboxylic acids is 1. The maximum absolute atomic E-state index is 13.0. The zero-order chi connectivity index (χ0) is 45.1. The number of aliphatic hydroxyl groups is 5. The molecule has 0 spiro atoms. The van der Waals surface area contributed by atoms with Crippen LogP contribution in [0.15, 0.2) is 48.6 Å². The van der Waals surface area contributed by atoms with E-state index in [4.69, 9.17) is 9.47 Å². The molecular weight excluding hydrogens is 779 g/mol. The molecule has 0 saturated carbocycles. The van der Waals surface area contributed by atoms with E-state index in [1.165, 1.54) is 154 Å². The van der Waals surface area contributed by atoms with E-state index >= 15 is 0 Å². The second kappa shape index (κ2) is 43.1. The molecular formula is C53H97NO8. The average Bonchev–Trinajstić information content (AvgIpc) is 3.27. The molecule has 0 aromatic heterocycles. The zero-order valence-electron chi connectivity index (χ0n) is 39.9. The van der Waals surface area contributed by atoms with Gasteiger partial charge >= 0.3 is 0 Å². The summed E-state index contributed by atoms with van der Waals surface area (Å²) in [7, 11) is 0. The molecule has 1 rings (SSSR count). The number of rotatable bonds is 43. The maximum Gasteiger partial charge on any atom is 0.220 e. The summed E-state index contributed by atoms with van der Waals surface area (Å²) in [5, 5.41) is 54.2. The summed E-state index contributed by atoms with van der Waals surface area (Å²) in [6.45, 7) is 3.74. The van der Waals surface area contributed by atoms with Crippen molar-refractivity contribution in [1.29, 1.82) is 0 Å². The van der Waals surface area contributed by atoms with Crippen molar-refractivity contribution in [3.8, 4) is 0 Å². The molecule has 0 aromatic rings. The highest BCUT2D eigenvalue weighted by molar-refractivity contribution is 5.76. The Bertz CT molecular complexity index is 1110. The van der Waals surface area contributed by atoms with E-state index in [1.807, 2.05) is 6.08 Å². The molecule has 0 bridgehead atoms. The number of carbonyl (C=O) groups is 1. The Labute approximate surface area is 380 Å². The second-order valence-electron chi connectivity index (χ2n) is 18.0. The summed E-state index contributed by atoms with van der Waals surface area (Å²) < 4.78 is 11.2. The Hall–Kier alpha value is -1.85. The van der Waals surface area contributed by atoms with E-state index < -0.39 is 49.5 Å². The largest absolute Gasteiger partial charge is 0.394 e. The van der Waals surface area contributed by atoms with Crippen LogP contribution in [0.4, 0.5) is 0 Å². The molecule has 7 unspecified atom stereocenters. The van der Waals surface area contributed by atoms with Crippen LogP contribution in [0.25, 0.3) is 0 Å². The van der Waals surface area contributed by atoms with Gasteiger partial charge in [-0.3, -0.25) is 4.79 Å². The fourth-order valence-electron chi connectivity index (χ4n) is 7.99. The molecule has 62 heavy (non-hydrogen) atoms. The van der Waals surface area contributed by atoms with Crippen molar-refractivity contribution in [3.63, 3.8) is 0 Å². The van der Waals surface area contributed by atoms with Crippen LogP contribution >= 0.6 is 0 Å². The molecule has 0 aliphatic carbocycles. The molecule has 9 nitrogen and oxygen atoms in total. The number of nitrogens with one attached hydrogen (secondary N) is 1. The van der Waals surface area contributed by atoms with Crippen molar-refractivity contribution in [1.82, 2.24) is 5.32 Å². The summed E-state index contributed by atoms with van der Waals surface area (Å²) in [5.74, 6) is -0.180. The van der Waals surface area contributed by atoms with Gasteiger partial charge in [-0.05, 0) is 57.8 Å². The number of hydrogen-bond acceptors (Lipinski definition) is 8. The van der Waals surface area contributed by atoms with Crippen molar-refractivity contribution < 1.29 is 39.8 Å². The summed E-state index contributed by atoms with van der Waals surface area (Å²) in [6, 6.07) is -0.803. The topological polar surface area (TPSA) is 149 Å². The van der Waals surface area contributed by atoms with Crippen molar-refractivity contribution in [2.24, 2.45) is 0 Å². The van der Waals surface area contributed by atoms with Gasteiger partial charge in [0, 0.05) is 6.42 Å². The predicted octanol–water partition coefficient (Wildman–Crippen LogP) is 11.8. The highest BCUT2D eigenvalue weighted by Gasteiger charge is 2.44. The van der Waals surface area contributed by atoms with Crippen LogP contribution < -0.4 is 5.32 Å². The fraction of sp³-hybridized carbons (Fsp3) is 0.830. The van der Waals surface area contributed by atoms with Gasteiger partial charge in [0.2, 0.25) is 5.91 Å². The minimum atomic E-state index is -1.57. The highest BCUT2D eigenvalue weighted by atomic mass is 16.7. The average molecular weight is 876 g/mol.